The molecule has 3 rings (SSSR count). The number of nitriles is 2. The van der Waals surface area contributed by atoms with Crippen LogP contribution in [-0.2, 0) is 0 Å². The van der Waals surface area contributed by atoms with Gasteiger partial charge in [0.15, 0.2) is 11.5 Å². The number of H-pyrrole nitrogens is 1. The van der Waals surface area contributed by atoms with E-state index in [-0.39, 0.29) is 34.0 Å². The quantitative estimate of drug-likeness (QED) is 0.311. The Labute approximate surface area is 184 Å². The van der Waals surface area contributed by atoms with Gasteiger partial charge < -0.3 is 20.2 Å². The van der Waals surface area contributed by atoms with Gasteiger partial charge in [-0.15, -0.1) is 0 Å². The summed E-state index contributed by atoms with van der Waals surface area (Å²) in [4.78, 5) is 26.9. The molecule has 0 fully saturated rings. The van der Waals surface area contributed by atoms with E-state index in [9.17, 15) is 20.1 Å². The molecule has 8 nitrogen and oxygen atoms in total. The largest absolute Gasteiger partial charge is 0.493 e. The molecular formula is C21H13IN4O4. The van der Waals surface area contributed by atoms with Gasteiger partial charge in [-0.25, -0.2) is 4.79 Å². The lowest BCUT2D eigenvalue weighted by atomic mass is 9.96. The Morgan fingerprint density at radius 3 is 2.40 bits per heavy atom. The van der Waals surface area contributed by atoms with Crippen LogP contribution in [0.4, 0.5) is 5.82 Å². The van der Waals surface area contributed by atoms with Gasteiger partial charge in [0.05, 0.1) is 16.2 Å². The van der Waals surface area contributed by atoms with Crippen molar-refractivity contribution in [3.05, 3.63) is 73.1 Å². The number of benzene rings is 2. The smallest absolute Gasteiger partial charge is 0.343 e. The molecule has 0 radical (unpaired) electrons. The lowest BCUT2D eigenvalue weighted by Gasteiger charge is -2.15. The van der Waals surface area contributed by atoms with Gasteiger partial charge in [-0.3, -0.25) is 4.79 Å². The SMILES string of the molecule is COc1cc(-c2c(C#N)c(N)[nH]c(=O)c2C#N)cc(I)c1OC(=O)c1ccccc1. The van der Waals surface area contributed by atoms with E-state index >= 15 is 0 Å². The molecule has 3 aromatic rings. The summed E-state index contributed by atoms with van der Waals surface area (Å²) >= 11 is 1.94. The maximum atomic E-state index is 12.5. The summed E-state index contributed by atoms with van der Waals surface area (Å²) in [5.41, 5.74) is 5.55. The maximum Gasteiger partial charge on any atom is 0.343 e. The van der Waals surface area contributed by atoms with Gasteiger partial charge >= 0.3 is 5.97 Å². The molecule has 0 amide bonds. The van der Waals surface area contributed by atoms with Gasteiger partial charge in [-0.05, 0) is 52.4 Å². The van der Waals surface area contributed by atoms with Crippen molar-refractivity contribution < 1.29 is 14.3 Å². The molecule has 2 aromatic carbocycles. The van der Waals surface area contributed by atoms with Crippen LogP contribution in [0.1, 0.15) is 21.5 Å². The average molecular weight is 512 g/mol. The first-order chi connectivity index (χ1) is 14.4. The minimum atomic E-state index is -0.711. The highest BCUT2D eigenvalue weighted by Gasteiger charge is 2.22. The number of aromatic amines is 1. The van der Waals surface area contributed by atoms with Crippen LogP contribution in [0.3, 0.4) is 0 Å². The van der Waals surface area contributed by atoms with Crippen molar-refractivity contribution in [3.8, 4) is 34.8 Å². The maximum absolute atomic E-state index is 12.5. The number of nitrogens with one attached hydrogen (secondary N) is 1. The minimum absolute atomic E-state index is 0.0435. The van der Waals surface area contributed by atoms with Crippen LogP contribution in [0.2, 0.25) is 0 Å². The van der Waals surface area contributed by atoms with Crippen molar-refractivity contribution in [2.45, 2.75) is 0 Å². The van der Waals surface area contributed by atoms with Crippen molar-refractivity contribution >= 4 is 34.4 Å². The van der Waals surface area contributed by atoms with E-state index in [2.05, 4.69) is 4.98 Å². The van der Waals surface area contributed by atoms with Crippen LogP contribution in [0.15, 0.2) is 47.3 Å². The minimum Gasteiger partial charge on any atom is -0.493 e. The van der Waals surface area contributed by atoms with Crippen LogP contribution < -0.4 is 20.8 Å². The topological polar surface area (TPSA) is 142 Å². The number of methoxy groups -OCH3 is 1. The normalized spacial score (nSPS) is 10.0. The number of hydrogen-bond acceptors (Lipinski definition) is 7. The number of anilines is 1. The first-order valence-corrected chi connectivity index (χ1v) is 9.50. The van der Waals surface area contributed by atoms with Crippen LogP contribution in [0.5, 0.6) is 11.5 Å². The Hall–Kier alpha value is -3.83. The average Bonchev–Trinajstić information content (AvgIpc) is 2.75. The van der Waals surface area contributed by atoms with Gasteiger partial charge in [0.1, 0.15) is 29.1 Å². The molecule has 0 aliphatic heterocycles. The molecule has 30 heavy (non-hydrogen) atoms. The highest BCUT2D eigenvalue weighted by atomic mass is 127. The Kier molecular flexibility index (Phi) is 6.04. The number of esters is 1. The first kappa shape index (κ1) is 20.9. The van der Waals surface area contributed by atoms with E-state index < -0.39 is 11.5 Å². The van der Waals surface area contributed by atoms with Crippen molar-refractivity contribution in [2.75, 3.05) is 12.8 Å². The number of aromatic nitrogens is 1. The molecule has 0 unspecified atom stereocenters. The number of halogens is 1. The fraction of sp³-hybridized carbons (Fsp3) is 0.0476. The second-order valence-corrected chi connectivity index (χ2v) is 7.12. The Balaban J connectivity index is 2.17. The number of nitrogens with zero attached hydrogens (tertiary/aromatic N) is 2. The number of pyridine rings is 1. The lowest BCUT2D eigenvalue weighted by molar-refractivity contribution is 0.0728. The zero-order valence-corrected chi connectivity index (χ0v) is 17.7. The molecule has 1 aromatic heterocycles. The summed E-state index contributed by atoms with van der Waals surface area (Å²) in [6.07, 6.45) is 0. The number of rotatable bonds is 4. The second-order valence-electron chi connectivity index (χ2n) is 5.96. The van der Waals surface area contributed by atoms with Crippen LogP contribution in [0.25, 0.3) is 11.1 Å². The number of ether oxygens (including phenoxy) is 2. The summed E-state index contributed by atoms with van der Waals surface area (Å²) < 4.78 is 11.3. The molecule has 9 heteroatoms. The highest BCUT2D eigenvalue weighted by Crippen LogP contribution is 2.39. The van der Waals surface area contributed by atoms with Gasteiger partial charge in [-0.1, -0.05) is 18.2 Å². The van der Waals surface area contributed by atoms with Crippen molar-refractivity contribution in [1.82, 2.24) is 4.98 Å². The summed E-state index contributed by atoms with van der Waals surface area (Å²) in [6.45, 7) is 0. The third-order valence-electron chi connectivity index (χ3n) is 4.19. The standard InChI is InChI=1S/C21H13IN4O4/c1-29-16-8-12(17-13(9-23)19(25)26-20(27)14(17)10-24)7-15(22)18(16)30-21(28)11-5-3-2-4-6-11/h2-8H,1H3,(H3,25,26,27). The van der Waals surface area contributed by atoms with Crippen molar-refractivity contribution in [3.63, 3.8) is 0 Å². The summed E-state index contributed by atoms with van der Waals surface area (Å²) in [5, 5.41) is 18.9. The molecule has 0 spiro atoms. The van der Waals surface area contributed by atoms with E-state index in [1.807, 2.05) is 34.7 Å². The number of hydrogen-bond donors (Lipinski definition) is 2. The zero-order chi connectivity index (χ0) is 21.8. The van der Waals surface area contributed by atoms with Crippen LogP contribution in [-0.4, -0.2) is 18.1 Å². The predicted molar refractivity (Wildman–Crippen MR) is 117 cm³/mol. The summed E-state index contributed by atoms with van der Waals surface area (Å²) in [6, 6.07) is 15.2. The molecule has 1 heterocycles. The second kappa shape index (κ2) is 8.68. The van der Waals surface area contributed by atoms with E-state index in [4.69, 9.17) is 15.2 Å². The molecule has 3 N–H and O–H groups in total. The number of carbonyl (C=O) groups excluding carboxylic acids is 1. The third kappa shape index (κ3) is 3.83. The monoisotopic (exact) mass is 512 g/mol. The van der Waals surface area contributed by atoms with E-state index in [0.29, 0.717) is 14.7 Å². The first-order valence-electron chi connectivity index (χ1n) is 8.42. The van der Waals surface area contributed by atoms with Gasteiger partial charge in [-0.2, -0.15) is 10.5 Å². The van der Waals surface area contributed by atoms with Crippen LogP contribution in [0, 0.1) is 26.2 Å². The lowest BCUT2D eigenvalue weighted by Crippen LogP contribution is -2.16. The van der Waals surface area contributed by atoms with E-state index in [1.165, 1.54) is 13.2 Å². The molecule has 0 saturated heterocycles. The van der Waals surface area contributed by atoms with E-state index in [1.54, 1.807) is 36.4 Å². The van der Waals surface area contributed by atoms with Gasteiger partial charge in [0, 0.05) is 5.56 Å². The van der Waals surface area contributed by atoms with Gasteiger partial charge in [0.25, 0.3) is 5.56 Å². The zero-order valence-electron chi connectivity index (χ0n) is 15.5. The fourth-order valence-electron chi connectivity index (χ4n) is 2.82. The fourth-order valence-corrected chi connectivity index (χ4v) is 3.53. The summed E-state index contributed by atoms with van der Waals surface area (Å²) in [7, 11) is 1.39. The molecular weight excluding hydrogens is 499 g/mol. The van der Waals surface area contributed by atoms with Gasteiger partial charge in [0.2, 0.25) is 0 Å². The van der Waals surface area contributed by atoms with Crippen molar-refractivity contribution in [1.29, 1.82) is 10.5 Å². The summed E-state index contributed by atoms with van der Waals surface area (Å²) in [5.74, 6) is -0.362. The number of carbonyl (C=O) groups is 1. The predicted octanol–water partition coefficient (Wildman–Crippen LogP) is 3.20. The highest BCUT2D eigenvalue weighted by molar-refractivity contribution is 14.1. The Bertz CT molecular complexity index is 1290. The molecule has 148 valence electrons. The Morgan fingerprint density at radius 2 is 1.80 bits per heavy atom. The number of nitrogens with two attached hydrogens (primary N) is 1. The number of nitrogen functional groups attached to an aromatic ring is 1. The molecule has 0 aliphatic rings. The molecule has 0 bridgehead atoms. The van der Waals surface area contributed by atoms with Crippen molar-refractivity contribution in [2.24, 2.45) is 0 Å². The third-order valence-corrected chi connectivity index (χ3v) is 4.99. The molecule has 0 aliphatic carbocycles. The molecule has 0 atom stereocenters. The Morgan fingerprint density at radius 1 is 1.13 bits per heavy atom. The van der Waals surface area contributed by atoms with Crippen LogP contribution >= 0.6 is 22.6 Å². The van der Waals surface area contributed by atoms with E-state index in [0.717, 1.165) is 0 Å². The molecule has 0 saturated carbocycles.